The fourth-order valence-electron chi connectivity index (χ4n) is 3.74. The standard InChI is InChI=1S/C24H25N9OS/c1-15-3-2-4-18(28-15)22-26-11-7-19(31-22)30-20-8-12-27-24(32-20)29-17-13-21(35-14-17)33-23(34)16-5-9-25-10-6-16/h2-4,7-8,11-14,16,25H,5-6,9-10H2,1H3,(H,33,34)(H2,26,27,29,30,31,32). The van der Waals surface area contributed by atoms with Gasteiger partial charge in [-0.1, -0.05) is 6.07 Å². The minimum atomic E-state index is 0.0601. The molecule has 0 bridgehead atoms. The average Bonchev–Trinajstić information content (AvgIpc) is 3.31. The largest absolute Gasteiger partial charge is 0.325 e. The number of aromatic nitrogens is 5. The molecule has 4 aromatic rings. The van der Waals surface area contributed by atoms with Crippen LogP contribution in [0.1, 0.15) is 18.5 Å². The summed E-state index contributed by atoms with van der Waals surface area (Å²) in [5.41, 5.74) is 2.42. The van der Waals surface area contributed by atoms with E-state index in [1.807, 2.05) is 36.6 Å². The van der Waals surface area contributed by atoms with Crippen molar-refractivity contribution in [2.24, 2.45) is 5.92 Å². The molecule has 1 fully saturated rings. The minimum Gasteiger partial charge on any atom is -0.325 e. The zero-order valence-electron chi connectivity index (χ0n) is 19.2. The van der Waals surface area contributed by atoms with Crippen molar-refractivity contribution in [1.82, 2.24) is 30.2 Å². The van der Waals surface area contributed by atoms with E-state index in [2.05, 4.69) is 46.2 Å². The Balaban J connectivity index is 1.23. The van der Waals surface area contributed by atoms with Crippen LogP contribution < -0.4 is 21.3 Å². The first-order valence-electron chi connectivity index (χ1n) is 11.4. The normalized spacial score (nSPS) is 13.9. The number of carbonyl (C=O) groups is 1. The number of nitrogens with one attached hydrogen (secondary N) is 4. The summed E-state index contributed by atoms with van der Waals surface area (Å²) in [6.07, 6.45) is 5.07. The van der Waals surface area contributed by atoms with Crippen LogP contribution in [0.2, 0.25) is 0 Å². The van der Waals surface area contributed by atoms with E-state index >= 15 is 0 Å². The zero-order valence-corrected chi connectivity index (χ0v) is 20.0. The molecule has 11 heteroatoms. The molecule has 10 nitrogen and oxygen atoms in total. The molecule has 0 spiro atoms. The Morgan fingerprint density at radius 3 is 2.63 bits per heavy atom. The molecule has 35 heavy (non-hydrogen) atoms. The maximum Gasteiger partial charge on any atom is 0.229 e. The SMILES string of the molecule is Cc1cccc(-c2nccc(Nc3ccnc(Nc4csc(NC(=O)C5CCNCC5)c4)n3)n2)n1. The molecule has 0 atom stereocenters. The van der Waals surface area contributed by atoms with Crippen LogP contribution in [0, 0.1) is 12.8 Å². The number of amides is 1. The maximum absolute atomic E-state index is 12.5. The van der Waals surface area contributed by atoms with Gasteiger partial charge < -0.3 is 21.3 Å². The van der Waals surface area contributed by atoms with Crippen molar-refractivity contribution < 1.29 is 4.79 Å². The summed E-state index contributed by atoms with van der Waals surface area (Å²) in [4.78, 5) is 34.7. The third kappa shape index (κ3) is 5.94. The van der Waals surface area contributed by atoms with Gasteiger partial charge in [0.05, 0.1) is 10.7 Å². The van der Waals surface area contributed by atoms with E-state index in [0.717, 1.165) is 42.3 Å². The Labute approximate surface area is 206 Å². The first-order chi connectivity index (χ1) is 17.1. The van der Waals surface area contributed by atoms with Gasteiger partial charge in [-0.05, 0) is 63.2 Å². The fraction of sp³-hybridized carbons (Fsp3) is 0.250. The lowest BCUT2D eigenvalue weighted by molar-refractivity contribution is -0.120. The first kappa shape index (κ1) is 22.8. The van der Waals surface area contributed by atoms with Crippen LogP contribution in [0.25, 0.3) is 11.5 Å². The lowest BCUT2D eigenvalue weighted by Crippen LogP contribution is -2.34. The van der Waals surface area contributed by atoms with E-state index in [1.165, 1.54) is 11.3 Å². The van der Waals surface area contributed by atoms with Crippen LogP contribution in [-0.4, -0.2) is 43.9 Å². The number of rotatable bonds is 7. The number of thiophene rings is 1. The van der Waals surface area contributed by atoms with Gasteiger partial charge in [0, 0.05) is 29.4 Å². The second-order valence-corrected chi connectivity index (χ2v) is 9.07. The monoisotopic (exact) mass is 487 g/mol. The van der Waals surface area contributed by atoms with Gasteiger partial charge in [0.1, 0.15) is 17.3 Å². The Bertz CT molecular complexity index is 1320. The van der Waals surface area contributed by atoms with Crippen LogP contribution in [-0.2, 0) is 4.79 Å². The summed E-state index contributed by atoms with van der Waals surface area (Å²) in [5, 5.41) is 15.4. The Morgan fingerprint density at radius 2 is 1.80 bits per heavy atom. The smallest absolute Gasteiger partial charge is 0.229 e. The van der Waals surface area contributed by atoms with Crippen molar-refractivity contribution in [3.05, 3.63) is 59.9 Å². The van der Waals surface area contributed by atoms with E-state index in [9.17, 15) is 4.79 Å². The van der Waals surface area contributed by atoms with Crippen LogP contribution in [0.3, 0.4) is 0 Å². The summed E-state index contributed by atoms with van der Waals surface area (Å²) >= 11 is 1.46. The summed E-state index contributed by atoms with van der Waals surface area (Å²) in [6, 6.07) is 11.2. The number of pyridine rings is 1. The molecule has 4 N–H and O–H groups in total. The highest BCUT2D eigenvalue weighted by molar-refractivity contribution is 7.14. The summed E-state index contributed by atoms with van der Waals surface area (Å²) < 4.78 is 0. The molecule has 178 valence electrons. The van der Waals surface area contributed by atoms with Gasteiger partial charge in [-0.25, -0.2) is 19.9 Å². The highest BCUT2D eigenvalue weighted by Gasteiger charge is 2.21. The van der Waals surface area contributed by atoms with Crippen molar-refractivity contribution in [3.8, 4) is 11.5 Å². The van der Waals surface area contributed by atoms with E-state index in [1.54, 1.807) is 24.5 Å². The number of piperidine rings is 1. The molecular weight excluding hydrogens is 462 g/mol. The van der Waals surface area contributed by atoms with Crippen molar-refractivity contribution >= 4 is 45.5 Å². The average molecular weight is 488 g/mol. The first-order valence-corrected chi connectivity index (χ1v) is 12.2. The van der Waals surface area contributed by atoms with E-state index in [4.69, 9.17) is 0 Å². The van der Waals surface area contributed by atoms with Gasteiger partial charge in [0.2, 0.25) is 11.9 Å². The number of hydrogen-bond donors (Lipinski definition) is 4. The van der Waals surface area contributed by atoms with E-state index < -0.39 is 0 Å². The molecule has 1 saturated heterocycles. The molecule has 0 aromatic carbocycles. The highest BCUT2D eigenvalue weighted by Crippen LogP contribution is 2.28. The quantitative estimate of drug-likeness (QED) is 0.304. The number of anilines is 5. The summed E-state index contributed by atoms with van der Waals surface area (Å²) in [7, 11) is 0. The second kappa shape index (κ2) is 10.5. The molecule has 1 aliphatic rings. The molecule has 4 aromatic heterocycles. The predicted molar refractivity (Wildman–Crippen MR) is 137 cm³/mol. The van der Waals surface area contributed by atoms with E-state index in [0.29, 0.717) is 29.1 Å². The second-order valence-electron chi connectivity index (χ2n) is 8.16. The number of aryl methyl sites for hydroxylation is 1. The van der Waals surface area contributed by atoms with Gasteiger partial charge in [0.15, 0.2) is 5.82 Å². The Morgan fingerprint density at radius 1 is 1.00 bits per heavy atom. The fourth-order valence-corrected chi connectivity index (χ4v) is 4.48. The third-order valence-corrected chi connectivity index (χ3v) is 6.34. The molecule has 0 radical (unpaired) electrons. The van der Waals surface area contributed by atoms with Crippen LogP contribution in [0.5, 0.6) is 0 Å². The highest BCUT2D eigenvalue weighted by atomic mass is 32.1. The van der Waals surface area contributed by atoms with Crippen molar-refractivity contribution in [2.45, 2.75) is 19.8 Å². The van der Waals surface area contributed by atoms with Crippen LogP contribution in [0.4, 0.5) is 28.3 Å². The Hall–Kier alpha value is -3.96. The molecule has 0 aliphatic carbocycles. The molecule has 0 unspecified atom stereocenters. The van der Waals surface area contributed by atoms with Crippen molar-refractivity contribution in [1.29, 1.82) is 0 Å². The number of carbonyl (C=O) groups excluding carboxylic acids is 1. The van der Waals surface area contributed by atoms with Gasteiger partial charge >= 0.3 is 0 Å². The molecule has 0 saturated carbocycles. The van der Waals surface area contributed by atoms with Crippen molar-refractivity contribution in [3.63, 3.8) is 0 Å². The molecule has 1 aliphatic heterocycles. The lowest BCUT2D eigenvalue weighted by Gasteiger charge is -2.21. The molecule has 1 amide bonds. The number of nitrogens with zero attached hydrogens (tertiary/aromatic N) is 5. The molecule has 5 heterocycles. The lowest BCUT2D eigenvalue weighted by atomic mass is 9.97. The minimum absolute atomic E-state index is 0.0601. The molecular formula is C24H25N9OS. The third-order valence-electron chi connectivity index (χ3n) is 5.50. The zero-order chi connectivity index (χ0) is 24.0. The van der Waals surface area contributed by atoms with Gasteiger partial charge in [-0.3, -0.25) is 4.79 Å². The van der Waals surface area contributed by atoms with Gasteiger partial charge in [-0.15, -0.1) is 11.3 Å². The predicted octanol–water partition coefficient (Wildman–Crippen LogP) is 4.12. The van der Waals surface area contributed by atoms with Crippen molar-refractivity contribution in [2.75, 3.05) is 29.0 Å². The van der Waals surface area contributed by atoms with Gasteiger partial charge in [-0.2, -0.15) is 4.98 Å². The van der Waals surface area contributed by atoms with E-state index in [-0.39, 0.29) is 11.8 Å². The maximum atomic E-state index is 12.5. The molecule has 5 rings (SSSR count). The van der Waals surface area contributed by atoms with Gasteiger partial charge in [0.25, 0.3) is 0 Å². The summed E-state index contributed by atoms with van der Waals surface area (Å²) in [5.74, 6) is 2.28. The Kier molecular flexibility index (Phi) is 6.87. The number of hydrogen-bond acceptors (Lipinski definition) is 10. The topological polar surface area (TPSA) is 130 Å². The van der Waals surface area contributed by atoms with Crippen LogP contribution >= 0.6 is 11.3 Å². The van der Waals surface area contributed by atoms with Crippen LogP contribution in [0.15, 0.2) is 54.2 Å². The summed E-state index contributed by atoms with van der Waals surface area (Å²) in [6.45, 7) is 3.70.